The van der Waals surface area contributed by atoms with Crippen LogP contribution < -0.4 is 11.1 Å². The number of fused-ring (bicyclic) bond motifs is 1. The van der Waals surface area contributed by atoms with Crippen LogP contribution in [0.2, 0.25) is 0 Å². The van der Waals surface area contributed by atoms with E-state index in [-0.39, 0.29) is 5.91 Å². The summed E-state index contributed by atoms with van der Waals surface area (Å²) in [4.78, 5) is 25.8. The summed E-state index contributed by atoms with van der Waals surface area (Å²) in [6.07, 6.45) is 0. The number of carbonyl (C=O) groups excluding carboxylic acids is 1. The first-order valence-corrected chi connectivity index (χ1v) is 9.67. The highest BCUT2D eigenvalue weighted by Gasteiger charge is 2.22. The Kier molecular flexibility index (Phi) is 5.04. The van der Waals surface area contributed by atoms with E-state index >= 15 is 0 Å². The number of nitrogens with one attached hydrogen (secondary N) is 1. The van der Waals surface area contributed by atoms with E-state index < -0.39 is 11.0 Å². The van der Waals surface area contributed by atoms with Gasteiger partial charge in [0.05, 0.1) is 5.52 Å². The number of nitrogens with zero attached hydrogens (tertiary/aromatic N) is 1. The third kappa shape index (κ3) is 3.73. The van der Waals surface area contributed by atoms with E-state index in [4.69, 9.17) is 4.42 Å². The van der Waals surface area contributed by atoms with Crippen molar-refractivity contribution in [3.63, 3.8) is 0 Å². The van der Waals surface area contributed by atoms with Crippen molar-refractivity contribution in [3.05, 3.63) is 95.0 Å². The third-order valence-corrected chi connectivity index (χ3v) is 5.66. The molecular formula is C22H18N2O3S. The molecule has 0 aliphatic rings. The molecule has 0 saturated carbocycles. The van der Waals surface area contributed by atoms with Crippen LogP contribution in [0.25, 0.3) is 11.1 Å². The Hall–Kier alpha value is -3.25. The number of anilines is 1. The molecule has 1 heterocycles. The van der Waals surface area contributed by atoms with E-state index in [1.54, 1.807) is 25.2 Å². The number of hydrogen-bond acceptors (Lipinski definition) is 4. The third-order valence-electron chi connectivity index (χ3n) is 4.40. The number of benzene rings is 3. The standard InChI is InChI=1S/C22H18N2O3S/c1-24-18-13-12-16(14-19(18)27-22(24)26)23-21(25)20(15-8-4-2-5-9-15)28-17-10-6-3-7-11-17/h2-14,20H,1H3,(H,23,25). The number of aryl methyl sites for hydroxylation is 1. The Balaban J connectivity index is 1.62. The summed E-state index contributed by atoms with van der Waals surface area (Å²) < 4.78 is 6.64. The van der Waals surface area contributed by atoms with E-state index in [0.717, 1.165) is 10.5 Å². The molecule has 0 saturated heterocycles. The predicted octanol–water partition coefficient (Wildman–Crippen LogP) is 4.60. The van der Waals surface area contributed by atoms with Crippen molar-refractivity contribution in [2.45, 2.75) is 10.1 Å². The van der Waals surface area contributed by atoms with E-state index in [1.807, 2.05) is 60.7 Å². The van der Waals surface area contributed by atoms with Gasteiger partial charge in [0, 0.05) is 23.7 Å². The molecule has 5 nitrogen and oxygen atoms in total. The molecule has 28 heavy (non-hydrogen) atoms. The van der Waals surface area contributed by atoms with Crippen LogP contribution in [0.1, 0.15) is 10.8 Å². The van der Waals surface area contributed by atoms with Crippen molar-refractivity contribution in [1.29, 1.82) is 0 Å². The SMILES string of the molecule is Cn1c(=O)oc2cc(NC(=O)C(Sc3ccccc3)c3ccccc3)ccc21. The quantitative estimate of drug-likeness (QED) is 0.506. The van der Waals surface area contributed by atoms with E-state index in [9.17, 15) is 9.59 Å². The minimum atomic E-state index is -0.430. The van der Waals surface area contributed by atoms with Crippen molar-refractivity contribution in [3.8, 4) is 0 Å². The topological polar surface area (TPSA) is 64.2 Å². The molecule has 4 rings (SSSR count). The minimum absolute atomic E-state index is 0.141. The summed E-state index contributed by atoms with van der Waals surface area (Å²) >= 11 is 1.49. The van der Waals surface area contributed by atoms with Gasteiger partial charge in [-0.05, 0) is 29.8 Å². The highest BCUT2D eigenvalue weighted by molar-refractivity contribution is 8.00. The van der Waals surface area contributed by atoms with Gasteiger partial charge in [-0.2, -0.15) is 0 Å². The lowest BCUT2D eigenvalue weighted by Gasteiger charge is -2.17. The monoisotopic (exact) mass is 390 g/mol. The van der Waals surface area contributed by atoms with Crippen molar-refractivity contribution >= 4 is 34.5 Å². The molecule has 0 fully saturated rings. The summed E-state index contributed by atoms with van der Waals surface area (Å²) in [7, 11) is 1.65. The van der Waals surface area contributed by atoms with Crippen molar-refractivity contribution in [2.24, 2.45) is 7.05 Å². The van der Waals surface area contributed by atoms with Crippen LogP contribution in [0.4, 0.5) is 5.69 Å². The van der Waals surface area contributed by atoms with Gasteiger partial charge < -0.3 is 9.73 Å². The maximum Gasteiger partial charge on any atom is 0.419 e. The molecule has 3 aromatic carbocycles. The van der Waals surface area contributed by atoms with Crippen LogP contribution in [0.15, 0.2) is 93.0 Å². The van der Waals surface area contributed by atoms with Crippen LogP contribution in [0.5, 0.6) is 0 Å². The van der Waals surface area contributed by atoms with E-state index in [0.29, 0.717) is 16.8 Å². The van der Waals surface area contributed by atoms with Gasteiger partial charge >= 0.3 is 5.76 Å². The van der Waals surface area contributed by atoms with Gasteiger partial charge in [-0.3, -0.25) is 9.36 Å². The normalized spacial score (nSPS) is 12.0. The first-order chi connectivity index (χ1) is 13.6. The number of rotatable bonds is 5. The molecule has 1 aromatic heterocycles. The molecule has 140 valence electrons. The zero-order chi connectivity index (χ0) is 19.5. The summed E-state index contributed by atoms with van der Waals surface area (Å²) in [5.41, 5.74) is 2.63. The summed E-state index contributed by atoms with van der Waals surface area (Å²) in [6.45, 7) is 0. The summed E-state index contributed by atoms with van der Waals surface area (Å²) in [6, 6.07) is 24.7. The molecule has 0 bridgehead atoms. The number of thioether (sulfide) groups is 1. The zero-order valence-electron chi connectivity index (χ0n) is 15.2. The van der Waals surface area contributed by atoms with Crippen LogP contribution in [0.3, 0.4) is 0 Å². The van der Waals surface area contributed by atoms with Gasteiger partial charge in [0.25, 0.3) is 0 Å². The first kappa shape index (κ1) is 18.1. The van der Waals surface area contributed by atoms with Gasteiger partial charge in [-0.1, -0.05) is 48.5 Å². The minimum Gasteiger partial charge on any atom is -0.408 e. The molecule has 0 aliphatic carbocycles. The molecule has 1 unspecified atom stereocenters. The Morgan fingerprint density at radius 3 is 2.39 bits per heavy atom. The van der Waals surface area contributed by atoms with Gasteiger partial charge in [0.1, 0.15) is 5.25 Å². The summed E-state index contributed by atoms with van der Waals surface area (Å²) in [5.74, 6) is -0.571. The first-order valence-electron chi connectivity index (χ1n) is 8.79. The number of oxazole rings is 1. The molecule has 0 spiro atoms. The lowest BCUT2D eigenvalue weighted by Crippen LogP contribution is -2.19. The number of hydrogen-bond donors (Lipinski definition) is 1. The Bertz CT molecular complexity index is 1170. The van der Waals surface area contributed by atoms with Gasteiger partial charge in [0.2, 0.25) is 5.91 Å². The molecule has 1 atom stereocenters. The zero-order valence-corrected chi connectivity index (χ0v) is 16.0. The number of carbonyl (C=O) groups is 1. The lowest BCUT2D eigenvalue weighted by atomic mass is 10.1. The van der Waals surface area contributed by atoms with Crippen LogP contribution >= 0.6 is 11.8 Å². The lowest BCUT2D eigenvalue weighted by molar-refractivity contribution is -0.115. The van der Waals surface area contributed by atoms with Gasteiger partial charge in [-0.25, -0.2) is 4.79 Å². The van der Waals surface area contributed by atoms with Crippen LogP contribution in [-0.2, 0) is 11.8 Å². The highest BCUT2D eigenvalue weighted by atomic mass is 32.2. The Labute approximate surface area is 166 Å². The number of amides is 1. The molecule has 0 radical (unpaired) electrons. The smallest absolute Gasteiger partial charge is 0.408 e. The second-order valence-electron chi connectivity index (χ2n) is 6.32. The molecule has 1 amide bonds. The molecular weight excluding hydrogens is 372 g/mol. The average molecular weight is 390 g/mol. The maximum absolute atomic E-state index is 13.1. The molecule has 0 aliphatic heterocycles. The van der Waals surface area contributed by atoms with Crippen molar-refractivity contribution < 1.29 is 9.21 Å². The second kappa shape index (κ2) is 7.78. The fourth-order valence-electron chi connectivity index (χ4n) is 2.96. The predicted molar refractivity (Wildman–Crippen MR) is 112 cm³/mol. The van der Waals surface area contributed by atoms with Crippen molar-refractivity contribution in [2.75, 3.05) is 5.32 Å². The number of aromatic nitrogens is 1. The average Bonchev–Trinajstić information content (AvgIpc) is 3.00. The highest BCUT2D eigenvalue weighted by Crippen LogP contribution is 2.36. The Morgan fingerprint density at radius 2 is 1.68 bits per heavy atom. The fraction of sp³-hybridized carbons (Fsp3) is 0.0909. The van der Waals surface area contributed by atoms with E-state index in [2.05, 4.69) is 5.32 Å². The second-order valence-corrected chi connectivity index (χ2v) is 7.50. The summed E-state index contributed by atoms with van der Waals surface area (Å²) in [5, 5.41) is 2.54. The largest absolute Gasteiger partial charge is 0.419 e. The fourth-order valence-corrected chi connectivity index (χ4v) is 4.00. The maximum atomic E-state index is 13.1. The molecule has 1 N–H and O–H groups in total. The van der Waals surface area contributed by atoms with Gasteiger partial charge in [0.15, 0.2) is 5.58 Å². The van der Waals surface area contributed by atoms with Crippen LogP contribution in [0, 0.1) is 0 Å². The van der Waals surface area contributed by atoms with Gasteiger partial charge in [-0.15, -0.1) is 11.8 Å². The Morgan fingerprint density at radius 1 is 1.00 bits per heavy atom. The molecule has 6 heteroatoms. The van der Waals surface area contributed by atoms with Crippen LogP contribution in [-0.4, -0.2) is 10.5 Å². The van der Waals surface area contributed by atoms with Crippen molar-refractivity contribution in [1.82, 2.24) is 4.57 Å². The van der Waals surface area contributed by atoms with E-state index in [1.165, 1.54) is 16.3 Å². The molecule has 4 aromatic rings.